The predicted octanol–water partition coefficient (Wildman–Crippen LogP) is 3.87. The van der Waals surface area contributed by atoms with Crippen molar-refractivity contribution >= 4 is 39.2 Å². The van der Waals surface area contributed by atoms with Gasteiger partial charge in [0.25, 0.3) is 0 Å². The summed E-state index contributed by atoms with van der Waals surface area (Å²) >= 11 is 11.9. The molecule has 1 aliphatic rings. The molecule has 3 rings (SSSR count). The van der Waals surface area contributed by atoms with E-state index in [1.54, 1.807) is 24.3 Å². The molecule has 0 unspecified atom stereocenters. The lowest BCUT2D eigenvalue weighted by Gasteiger charge is -2.30. The van der Waals surface area contributed by atoms with Gasteiger partial charge in [-0.25, -0.2) is 8.42 Å². The fraction of sp³-hybridized carbons (Fsp3) is 0.263. The van der Waals surface area contributed by atoms with Crippen LogP contribution in [0, 0.1) is 17.2 Å². The quantitative estimate of drug-likeness (QED) is 0.533. The van der Waals surface area contributed by atoms with E-state index in [1.807, 2.05) is 6.07 Å². The first-order chi connectivity index (χ1) is 13.3. The molecule has 0 aromatic heterocycles. The molecule has 1 saturated heterocycles. The van der Waals surface area contributed by atoms with Crippen molar-refractivity contribution in [3.63, 3.8) is 0 Å². The molecule has 0 radical (unpaired) electrons. The first-order valence-electron chi connectivity index (χ1n) is 8.48. The van der Waals surface area contributed by atoms with Crippen molar-refractivity contribution in [2.45, 2.75) is 17.7 Å². The first-order valence-corrected chi connectivity index (χ1v) is 10.7. The molecule has 0 bridgehead atoms. The monoisotopic (exact) mass is 438 g/mol. The van der Waals surface area contributed by atoms with E-state index in [1.165, 1.54) is 22.5 Å². The molecule has 0 saturated carbocycles. The molecule has 1 aliphatic heterocycles. The van der Waals surface area contributed by atoms with Crippen molar-refractivity contribution in [3.05, 3.63) is 58.1 Å². The molecule has 0 spiro atoms. The summed E-state index contributed by atoms with van der Waals surface area (Å²) in [4.78, 5) is 12.3. The standard InChI is InChI=1S/C19H16Cl2N2O4S/c20-15-3-6-17(21)18(11-15)28(25,26)23-9-7-14(8-10-23)19(24)27-16-4-1-13(12-22)2-5-16/h1-6,11,14H,7-10H2. The lowest BCUT2D eigenvalue weighted by molar-refractivity contribution is -0.140. The van der Waals surface area contributed by atoms with Gasteiger partial charge < -0.3 is 4.74 Å². The van der Waals surface area contributed by atoms with Gasteiger partial charge in [0.05, 0.1) is 22.6 Å². The number of carbonyl (C=O) groups is 1. The van der Waals surface area contributed by atoms with Crippen molar-refractivity contribution in [3.8, 4) is 11.8 Å². The fourth-order valence-electron chi connectivity index (χ4n) is 2.94. The van der Waals surface area contributed by atoms with Crippen LogP contribution in [0.15, 0.2) is 47.4 Å². The van der Waals surface area contributed by atoms with E-state index < -0.39 is 21.9 Å². The molecule has 0 N–H and O–H groups in total. The number of esters is 1. The Kier molecular flexibility index (Phi) is 6.26. The SMILES string of the molecule is N#Cc1ccc(OC(=O)C2CCN(S(=O)(=O)c3cc(Cl)ccc3Cl)CC2)cc1. The van der Waals surface area contributed by atoms with Crippen LogP contribution >= 0.6 is 23.2 Å². The van der Waals surface area contributed by atoms with E-state index in [0.717, 1.165) is 0 Å². The van der Waals surface area contributed by atoms with Gasteiger partial charge in [-0.05, 0) is 55.3 Å². The number of benzene rings is 2. The maximum atomic E-state index is 12.8. The highest BCUT2D eigenvalue weighted by Gasteiger charge is 2.34. The summed E-state index contributed by atoms with van der Waals surface area (Å²) in [6.45, 7) is 0.358. The number of hydrogen-bond acceptors (Lipinski definition) is 5. The number of carbonyl (C=O) groups excluding carboxylic acids is 1. The molecule has 0 amide bonds. The molecule has 1 heterocycles. The van der Waals surface area contributed by atoms with Crippen molar-refractivity contribution < 1.29 is 17.9 Å². The number of rotatable bonds is 4. The molecule has 0 aliphatic carbocycles. The van der Waals surface area contributed by atoms with Crippen LogP contribution in [0.3, 0.4) is 0 Å². The van der Waals surface area contributed by atoms with Crippen LogP contribution in [-0.2, 0) is 14.8 Å². The van der Waals surface area contributed by atoms with E-state index in [-0.39, 0.29) is 28.0 Å². The summed E-state index contributed by atoms with van der Waals surface area (Å²) < 4.78 is 32.3. The van der Waals surface area contributed by atoms with Crippen molar-refractivity contribution in [1.29, 1.82) is 5.26 Å². The lowest BCUT2D eigenvalue weighted by atomic mass is 9.98. The Bertz CT molecular complexity index is 1020. The Hall–Kier alpha value is -2.11. The number of sulfonamides is 1. The van der Waals surface area contributed by atoms with E-state index in [4.69, 9.17) is 33.2 Å². The number of nitrogens with zero attached hydrogens (tertiary/aromatic N) is 2. The second-order valence-corrected chi connectivity index (χ2v) is 9.06. The Balaban J connectivity index is 1.64. The Morgan fingerprint density at radius 3 is 2.36 bits per heavy atom. The average Bonchev–Trinajstić information content (AvgIpc) is 2.70. The molecular formula is C19H16Cl2N2O4S. The highest BCUT2D eigenvalue weighted by Crippen LogP contribution is 2.30. The number of ether oxygens (including phenoxy) is 1. The van der Waals surface area contributed by atoms with Crippen LogP contribution in [0.5, 0.6) is 5.75 Å². The topological polar surface area (TPSA) is 87.5 Å². The summed E-state index contributed by atoms with van der Waals surface area (Å²) in [5, 5.41) is 9.18. The molecule has 28 heavy (non-hydrogen) atoms. The van der Waals surface area contributed by atoms with Gasteiger partial charge in [0, 0.05) is 18.1 Å². The van der Waals surface area contributed by atoms with E-state index >= 15 is 0 Å². The average molecular weight is 439 g/mol. The zero-order chi connectivity index (χ0) is 20.3. The third-order valence-electron chi connectivity index (χ3n) is 4.50. The summed E-state index contributed by atoms with van der Waals surface area (Å²) in [6.07, 6.45) is 0.680. The Labute approximate surface area is 173 Å². The molecule has 2 aromatic rings. The molecule has 9 heteroatoms. The predicted molar refractivity (Wildman–Crippen MR) is 105 cm³/mol. The zero-order valence-corrected chi connectivity index (χ0v) is 17.0. The van der Waals surface area contributed by atoms with Gasteiger partial charge in [0.15, 0.2) is 0 Å². The zero-order valence-electron chi connectivity index (χ0n) is 14.6. The molecule has 2 aromatic carbocycles. The second-order valence-electron chi connectivity index (χ2n) is 6.31. The Morgan fingerprint density at radius 2 is 1.75 bits per heavy atom. The third-order valence-corrected chi connectivity index (χ3v) is 7.12. The normalized spacial score (nSPS) is 15.8. The van der Waals surface area contributed by atoms with E-state index in [9.17, 15) is 13.2 Å². The largest absolute Gasteiger partial charge is 0.426 e. The minimum Gasteiger partial charge on any atom is -0.426 e. The highest BCUT2D eigenvalue weighted by atomic mass is 35.5. The number of halogens is 2. The van der Waals surface area contributed by atoms with Crippen LogP contribution in [0.25, 0.3) is 0 Å². The van der Waals surface area contributed by atoms with Gasteiger partial charge in [0.2, 0.25) is 10.0 Å². The van der Waals surface area contributed by atoms with Crippen molar-refractivity contribution in [1.82, 2.24) is 4.31 Å². The summed E-state index contributed by atoms with van der Waals surface area (Å²) in [5.74, 6) is -0.468. The highest BCUT2D eigenvalue weighted by molar-refractivity contribution is 7.89. The minimum absolute atomic E-state index is 0.0414. The van der Waals surface area contributed by atoms with Gasteiger partial charge in [-0.1, -0.05) is 23.2 Å². The van der Waals surface area contributed by atoms with E-state index in [2.05, 4.69) is 0 Å². The molecular weight excluding hydrogens is 423 g/mol. The summed E-state index contributed by atoms with van der Waals surface area (Å²) in [6, 6.07) is 12.5. The third kappa shape index (κ3) is 4.47. The summed E-state index contributed by atoms with van der Waals surface area (Å²) in [5.41, 5.74) is 0.470. The maximum Gasteiger partial charge on any atom is 0.314 e. The van der Waals surface area contributed by atoms with Crippen molar-refractivity contribution in [2.75, 3.05) is 13.1 Å². The Morgan fingerprint density at radius 1 is 1.11 bits per heavy atom. The van der Waals surface area contributed by atoms with Crippen LogP contribution in [0.2, 0.25) is 10.0 Å². The smallest absolute Gasteiger partial charge is 0.314 e. The number of hydrogen-bond donors (Lipinski definition) is 0. The van der Waals surface area contributed by atoms with Gasteiger partial charge in [0.1, 0.15) is 10.6 Å². The van der Waals surface area contributed by atoms with Crippen LogP contribution in [0.1, 0.15) is 18.4 Å². The van der Waals surface area contributed by atoms with Crippen LogP contribution in [-0.4, -0.2) is 31.8 Å². The summed E-state index contributed by atoms with van der Waals surface area (Å²) in [7, 11) is -3.80. The van der Waals surface area contributed by atoms with Crippen LogP contribution in [0.4, 0.5) is 0 Å². The molecule has 6 nitrogen and oxygen atoms in total. The maximum absolute atomic E-state index is 12.8. The van der Waals surface area contributed by atoms with Gasteiger partial charge in [-0.2, -0.15) is 9.57 Å². The fourth-order valence-corrected chi connectivity index (χ4v) is 5.15. The number of piperidine rings is 1. The van der Waals surface area contributed by atoms with Gasteiger partial charge in [-0.15, -0.1) is 0 Å². The lowest BCUT2D eigenvalue weighted by Crippen LogP contribution is -2.41. The second kappa shape index (κ2) is 8.50. The van der Waals surface area contributed by atoms with Gasteiger partial charge in [-0.3, -0.25) is 4.79 Å². The molecule has 146 valence electrons. The molecule has 0 atom stereocenters. The minimum atomic E-state index is -3.80. The molecule has 1 fully saturated rings. The van der Waals surface area contributed by atoms with Crippen molar-refractivity contribution in [2.24, 2.45) is 5.92 Å². The van der Waals surface area contributed by atoms with E-state index in [0.29, 0.717) is 24.2 Å². The number of nitriles is 1. The van der Waals surface area contributed by atoms with Crippen LogP contribution < -0.4 is 4.74 Å². The first kappa shape index (κ1) is 20.6. The van der Waals surface area contributed by atoms with Gasteiger partial charge >= 0.3 is 5.97 Å².